The zero-order chi connectivity index (χ0) is 6.57. The number of carbonyl (C=O) groups is 2. The van der Waals surface area contributed by atoms with Crippen LogP contribution in [0.15, 0.2) is 12.2 Å². The van der Waals surface area contributed by atoms with Gasteiger partial charge in [-0.15, -0.1) is 0 Å². The van der Waals surface area contributed by atoms with E-state index in [1.54, 1.807) is 0 Å². The third-order valence-corrected chi connectivity index (χ3v) is 0.368. The van der Waals surface area contributed by atoms with Crippen LogP contribution in [-0.2, 0) is 26.4 Å². The van der Waals surface area contributed by atoms with E-state index in [-0.39, 0.29) is 16.8 Å². The quantitative estimate of drug-likeness (QED) is 0.565. The minimum absolute atomic E-state index is 0. The largest absolute Gasteiger partial charge is 0.478 e. The summed E-state index contributed by atoms with van der Waals surface area (Å²) >= 11 is 0. The third-order valence-electron chi connectivity index (χ3n) is 0.368. The molecule has 1 radical (unpaired) electrons. The summed E-state index contributed by atoms with van der Waals surface area (Å²) in [5.74, 6) is -2.51. The first-order valence-corrected chi connectivity index (χ1v) is 1.77. The van der Waals surface area contributed by atoms with Crippen molar-refractivity contribution in [1.82, 2.24) is 0 Å². The van der Waals surface area contributed by atoms with Gasteiger partial charge in [0.25, 0.3) is 0 Å². The van der Waals surface area contributed by atoms with Gasteiger partial charge < -0.3 is 10.2 Å². The molecule has 0 fully saturated rings. The van der Waals surface area contributed by atoms with Crippen molar-refractivity contribution in [3.8, 4) is 0 Å². The van der Waals surface area contributed by atoms with Gasteiger partial charge in [0, 0.05) is 28.9 Å². The van der Waals surface area contributed by atoms with Crippen molar-refractivity contribution in [2.75, 3.05) is 0 Å². The Hall–Kier alpha value is -0.814. The maximum atomic E-state index is 9.55. The fourth-order valence-corrected chi connectivity index (χ4v) is 0.143. The standard InChI is InChI=1S/C4H4O4.Co/c5-3(6)1-2-4(7)8;/h1-2H,(H,5,6)(H,7,8);/b2-1-;. The van der Waals surface area contributed by atoms with Crippen molar-refractivity contribution in [3.63, 3.8) is 0 Å². The van der Waals surface area contributed by atoms with Gasteiger partial charge in [0.15, 0.2) is 0 Å². The molecule has 0 aromatic rings. The Bertz CT molecular complexity index is 124. The van der Waals surface area contributed by atoms with Gasteiger partial charge >= 0.3 is 11.9 Å². The van der Waals surface area contributed by atoms with Gasteiger partial charge in [-0.3, -0.25) is 0 Å². The fraction of sp³-hybridized carbons (Fsp3) is 0. The molecule has 2 N–H and O–H groups in total. The Kier molecular flexibility index (Phi) is 6.54. The van der Waals surface area contributed by atoms with Crippen LogP contribution in [0.4, 0.5) is 0 Å². The van der Waals surface area contributed by atoms with E-state index < -0.39 is 11.9 Å². The molecule has 0 bridgehead atoms. The summed E-state index contributed by atoms with van der Waals surface area (Å²) in [6, 6.07) is 0. The molecule has 5 heteroatoms. The maximum absolute atomic E-state index is 9.55. The molecule has 0 saturated heterocycles. The van der Waals surface area contributed by atoms with Crippen LogP contribution in [0.3, 0.4) is 0 Å². The summed E-state index contributed by atoms with van der Waals surface area (Å²) in [4.78, 5) is 19.1. The molecular weight excluding hydrogens is 171 g/mol. The Morgan fingerprint density at radius 1 is 1.00 bits per heavy atom. The number of hydrogen-bond acceptors (Lipinski definition) is 2. The van der Waals surface area contributed by atoms with Gasteiger partial charge in [0.1, 0.15) is 0 Å². The zero-order valence-electron chi connectivity index (χ0n) is 4.20. The van der Waals surface area contributed by atoms with Crippen molar-refractivity contribution in [3.05, 3.63) is 12.2 Å². The minimum atomic E-state index is -1.26. The topological polar surface area (TPSA) is 74.6 Å². The third kappa shape index (κ3) is 11.0. The molecule has 9 heavy (non-hydrogen) atoms. The summed E-state index contributed by atoms with van der Waals surface area (Å²) in [6.45, 7) is 0. The molecule has 0 aliphatic heterocycles. The van der Waals surface area contributed by atoms with Crippen LogP contribution in [0.5, 0.6) is 0 Å². The average Bonchev–Trinajstić information content (AvgIpc) is 1.61. The molecule has 0 aliphatic carbocycles. The zero-order valence-corrected chi connectivity index (χ0v) is 5.24. The van der Waals surface area contributed by atoms with E-state index in [0.29, 0.717) is 12.2 Å². The fourth-order valence-electron chi connectivity index (χ4n) is 0.143. The second kappa shape index (κ2) is 5.33. The van der Waals surface area contributed by atoms with Crippen molar-refractivity contribution in [2.45, 2.75) is 0 Å². The second-order valence-electron chi connectivity index (χ2n) is 1.01. The van der Waals surface area contributed by atoms with E-state index in [4.69, 9.17) is 10.2 Å². The van der Waals surface area contributed by atoms with Gasteiger partial charge in [0.05, 0.1) is 0 Å². The first-order chi connectivity index (χ1) is 3.63. The predicted octanol–water partition coefficient (Wildman–Crippen LogP) is -0.291. The summed E-state index contributed by atoms with van der Waals surface area (Å²) in [5, 5.41) is 15.6. The van der Waals surface area contributed by atoms with Crippen LogP contribution < -0.4 is 0 Å². The maximum Gasteiger partial charge on any atom is 0.328 e. The average molecular weight is 175 g/mol. The van der Waals surface area contributed by atoms with E-state index in [9.17, 15) is 9.59 Å². The molecule has 0 saturated carbocycles. The van der Waals surface area contributed by atoms with Crippen LogP contribution in [0.1, 0.15) is 0 Å². The van der Waals surface area contributed by atoms with E-state index >= 15 is 0 Å². The van der Waals surface area contributed by atoms with Gasteiger partial charge in [-0.05, 0) is 0 Å². The smallest absolute Gasteiger partial charge is 0.328 e. The first kappa shape index (κ1) is 11.0. The second-order valence-corrected chi connectivity index (χ2v) is 1.01. The van der Waals surface area contributed by atoms with Gasteiger partial charge in [-0.2, -0.15) is 0 Å². The molecule has 0 amide bonds. The van der Waals surface area contributed by atoms with Crippen molar-refractivity contribution in [1.29, 1.82) is 0 Å². The number of aliphatic carboxylic acids is 2. The molecule has 0 spiro atoms. The Labute approximate surface area is 61.4 Å². The monoisotopic (exact) mass is 175 g/mol. The summed E-state index contributed by atoms with van der Waals surface area (Å²) in [6.07, 6.45) is 1.12. The number of rotatable bonds is 2. The molecule has 0 aromatic carbocycles. The summed E-state index contributed by atoms with van der Waals surface area (Å²) < 4.78 is 0. The SMILES string of the molecule is O=C(O)/C=C\C(=O)O.[Co]. The predicted molar refractivity (Wildman–Crippen MR) is 24.4 cm³/mol. The molecule has 4 nitrogen and oxygen atoms in total. The van der Waals surface area contributed by atoms with Gasteiger partial charge in [-0.25, -0.2) is 9.59 Å². The summed E-state index contributed by atoms with van der Waals surface area (Å²) in [5.41, 5.74) is 0. The van der Waals surface area contributed by atoms with Crippen LogP contribution in [-0.4, -0.2) is 22.2 Å². The van der Waals surface area contributed by atoms with Crippen molar-refractivity contribution >= 4 is 11.9 Å². The van der Waals surface area contributed by atoms with Crippen LogP contribution in [0.2, 0.25) is 0 Å². The molecular formula is C4H4CoO4. The van der Waals surface area contributed by atoms with Crippen LogP contribution in [0.25, 0.3) is 0 Å². The molecule has 53 valence electrons. The number of hydrogen-bond donors (Lipinski definition) is 2. The summed E-state index contributed by atoms with van der Waals surface area (Å²) in [7, 11) is 0. The molecule has 0 heterocycles. The van der Waals surface area contributed by atoms with Crippen LogP contribution in [0, 0.1) is 0 Å². The number of carboxylic acid groups (broad SMARTS) is 2. The Morgan fingerprint density at radius 3 is 1.33 bits per heavy atom. The number of carboxylic acids is 2. The van der Waals surface area contributed by atoms with Gasteiger partial charge in [0.2, 0.25) is 0 Å². The molecule has 0 aliphatic rings. The molecule has 0 unspecified atom stereocenters. The Morgan fingerprint density at radius 2 is 1.22 bits per heavy atom. The van der Waals surface area contributed by atoms with Crippen molar-refractivity contribution < 1.29 is 36.6 Å². The van der Waals surface area contributed by atoms with E-state index in [0.717, 1.165) is 0 Å². The normalized spacial score (nSPS) is 8.44. The van der Waals surface area contributed by atoms with Crippen LogP contribution >= 0.6 is 0 Å². The molecule has 0 rings (SSSR count). The Balaban J connectivity index is 0. The first-order valence-electron chi connectivity index (χ1n) is 1.77. The van der Waals surface area contributed by atoms with Crippen molar-refractivity contribution in [2.24, 2.45) is 0 Å². The molecule has 0 atom stereocenters. The van der Waals surface area contributed by atoms with E-state index in [1.807, 2.05) is 0 Å². The molecule has 0 aromatic heterocycles. The van der Waals surface area contributed by atoms with E-state index in [1.165, 1.54) is 0 Å². The van der Waals surface area contributed by atoms with Gasteiger partial charge in [-0.1, -0.05) is 0 Å². The van der Waals surface area contributed by atoms with E-state index in [2.05, 4.69) is 0 Å². The minimum Gasteiger partial charge on any atom is -0.478 e.